The van der Waals surface area contributed by atoms with Crippen molar-refractivity contribution in [2.24, 2.45) is 5.92 Å². The van der Waals surface area contributed by atoms with Crippen molar-refractivity contribution < 1.29 is 23.8 Å². The van der Waals surface area contributed by atoms with Crippen LogP contribution in [-0.4, -0.2) is 25.2 Å². The van der Waals surface area contributed by atoms with Crippen LogP contribution < -0.4 is 9.47 Å². The van der Waals surface area contributed by atoms with Crippen molar-refractivity contribution in [3.05, 3.63) is 72.3 Å². The summed E-state index contributed by atoms with van der Waals surface area (Å²) in [5.74, 6) is 1.88. The molecule has 0 N–H and O–H groups in total. The van der Waals surface area contributed by atoms with Crippen LogP contribution in [0.5, 0.6) is 11.5 Å². The number of ether oxygens (including phenoxy) is 3. The topological polar surface area (TPSA) is 61.8 Å². The third kappa shape index (κ3) is 9.18. The van der Waals surface area contributed by atoms with E-state index in [0.29, 0.717) is 36.0 Å². The van der Waals surface area contributed by atoms with Gasteiger partial charge in [0.05, 0.1) is 18.8 Å². The molecule has 0 atom stereocenters. The van der Waals surface area contributed by atoms with E-state index in [9.17, 15) is 9.59 Å². The lowest BCUT2D eigenvalue weighted by atomic mass is 9.77. The second-order valence-electron chi connectivity index (χ2n) is 9.62. The van der Waals surface area contributed by atoms with Crippen molar-refractivity contribution >= 4 is 11.9 Å². The van der Waals surface area contributed by atoms with Crippen LogP contribution in [0.4, 0.5) is 0 Å². The Hall–Kier alpha value is -3.08. The molecule has 0 aromatic heterocycles. The summed E-state index contributed by atoms with van der Waals surface area (Å²) in [6, 6.07) is 14.9. The SMILES string of the molecule is C=CC(=O)OCCCOc1ccc(C(=O)Oc2ccc(C3CCC(CCCCCC)CC3)cc2)cc1. The van der Waals surface area contributed by atoms with E-state index in [1.807, 2.05) is 12.1 Å². The summed E-state index contributed by atoms with van der Waals surface area (Å²) in [6.07, 6.45) is 13.7. The van der Waals surface area contributed by atoms with Gasteiger partial charge < -0.3 is 14.2 Å². The van der Waals surface area contributed by atoms with Gasteiger partial charge in [-0.1, -0.05) is 57.7 Å². The maximum absolute atomic E-state index is 12.5. The summed E-state index contributed by atoms with van der Waals surface area (Å²) in [4.78, 5) is 23.5. The van der Waals surface area contributed by atoms with Crippen molar-refractivity contribution in [2.45, 2.75) is 77.0 Å². The summed E-state index contributed by atoms with van der Waals surface area (Å²) in [7, 11) is 0. The minimum atomic E-state index is -0.442. The number of rotatable bonds is 14. The van der Waals surface area contributed by atoms with Gasteiger partial charge in [-0.2, -0.15) is 0 Å². The minimum absolute atomic E-state index is 0.272. The predicted octanol–water partition coefficient (Wildman–Crippen LogP) is 7.65. The fourth-order valence-corrected chi connectivity index (χ4v) is 4.79. The van der Waals surface area contributed by atoms with E-state index < -0.39 is 11.9 Å². The molecule has 0 unspecified atom stereocenters. The average molecular weight is 493 g/mol. The molecule has 0 saturated heterocycles. The number of carbonyl (C=O) groups is 2. The summed E-state index contributed by atoms with van der Waals surface area (Å²) in [5.41, 5.74) is 1.81. The first kappa shape index (κ1) is 27.5. The van der Waals surface area contributed by atoms with Crippen LogP contribution in [0.2, 0.25) is 0 Å². The lowest BCUT2D eigenvalue weighted by Gasteiger charge is -2.29. The van der Waals surface area contributed by atoms with Crippen molar-refractivity contribution in [3.63, 3.8) is 0 Å². The fraction of sp³-hybridized carbons (Fsp3) is 0.484. The Kier molecular flexibility index (Phi) is 11.6. The third-order valence-electron chi connectivity index (χ3n) is 6.93. The number of hydrogen-bond acceptors (Lipinski definition) is 5. The van der Waals surface area contributed by atoms with Gasteiger partial charge in [0.25, 0.3) is 0 Å². The van der Waals surface area contributed by atoms with Gasteiger partial charge in [0, 0.05) is 12.5 Å². The molecule has 0 radical (unpaired) electrons. The molecule has 0 spiro atoms. The van der Waals surface area contributed by atoms with E-state index in [-0.39, 0.29) is 6.61 Å². The maximum atomic E-state index is 12.5. The Morgan fingerprint density at radius 1 is 0.861 bits per heavy atom. The normalized spacial score (nSPS) is 17.2. The largest absolute Gasteiger partial charge is 0.493 e. The number of benzene rings is 2. The Morgan fingerprint density at radius 3 is 2.22 bits per heavy atom. The zero-order valence-corrected chi connectivity index (χ0v) is 21.6. The van der Waals surface area contributed by atoms with Crippen molar-refractivity contribution in [1.29, 1.82) is 0 Å². The molecular formula is C31H40O5. The monoisotopic (exact) mass is 492 g/mol. The molecule has 5 heteroatoms. The summed E-state index contributed by atoms with van der Waals surface area (Å²) in [6.45, 7) is 6.29. The number of unbranched alkanes of at least 4 members (excludes halogenated alkanes) is 3. The van der Waals surface area contributed by atoms with Crippen LogP contribution in [-0.2, 0) is 9.53 Å². The van der Waals surface area contributed by atoms with Crippen molar-refractivity contribution in [3.8, 4) is 11.5 Å². The van der Waals surface area contributed by atoms with Gasteiger partial charge >= 0.3 is 11.9 Å². The number of carbonyl (C=O) groups excluding carboxylic acids is 2. The van der Waals surface area contributed by atoms with Crippen LogP contribution in [0.15, 0.2) is 61.2 Å². The smallest absolute Gasteiger partial charge is 0.343 e. The first-order valence-electron chi connectivity index (χ1n) is 13.4. The minimum Gasteiger partial charge on any atom is -0.493 e. The van der Waals surface area contributed by atoms with E-state index in [2.05, 4.69) is 25.6 Å². The maximum Gasteiger partial charge on any atom is 0.343 e. The summed E-state index contributed by atoms with van der Waals surface area (Å²) < 4.78 is 16.1. The van der Waals surface area contributed by atoms with Crippen LogP contribution in [0, 0.1) is 5.92 Å². The van der Waals surface area contributed by atoms with E-state index in [4.69, 9.17) is 14.2 Å². The molecule has 3 rings (SSSR count). The number of hydrogen-bond donors (Lipinski definition) is 0. The Morgan fingerprint density at radius 2 is 1.56 bits per heavy atom. The molecule has 194 valence electrons. The van der Waals surface area contributed by atoms with Crippen molar-refractivity contribution in [2.75, 3.05) is 13.2 Å². The Balaban J connectivity index is 1.39. The molecule has 5 nitrogen and oxygen atoms in total. The quantitative estimate of drug-likeness (QED) is 0.117. The van der Waals surface area contributed by atoms with Gasteiger partial charge in [0.15, 0.2) is 0 Å². The average Bonchev–Trinajstić information content (AvgIpc) is 2.92. The number of esters is 2. The van der Waals surface area contributed by atoms with Crippen LogP contribution in [0.1, 0.15) is 93.0 Å². The molecule has 1 aliphatic rings. The van der Waals surface area contributed by atoms with E-state index in [1.165, 1.54) is 63.4 Å². The van der Waals surface area contributed by atoms with Gasteiger partial charge in [-0.05, 0) is 79.5 Å². The van der Waals surface area contributed by atoms with Gasteiger partial charge in [-0.25, -0.2) is 9.59 Å². The predicted molar refractivity (Wildman–Crippen MR) is 143 cm³/mol. The zero-order valence-electron chi connectivity index (χ0n) is 21.6. The Bertz CT molecular complexity index is 940. The standard InChI is InChI=1S/C31H40O5/c1-3-5-6-7-9-24-10-12-25(13-11-24)26-14-20-29(21-15-26)36-31(33)27-16-18-28(19-17-27)34-22-8-23-35-30(32)4-2/h4,14-21,24-25H,2-3,5-13,22-23H2,1H3. The molecule has 1 saturated carbocycles. The van der Waals surface area contributed by atoms with E-state index in [0.717, 1.165) is 12.0 Å². The highest BCUT2D eigenvalue weighted by Gasteiger charge is 2.22. The first-order valence-corrected chi connectivity index (χ1v) is 13.4. The molecule has 2 aromatic rings. The molecular weight excluding hydrogens is 452 g/mol. The van der Waals surface area contributed by atoms with E-state index in [1.54, 1.807) is 24.3 Å². The zero-order chi connectivity index (χ0) is 25.6. The second kappa shape index (κ2) is 15.1. The van der Waals surface area contributed by atoms with Crippen LogP contribution >= 0.6 is 0 Å². The molecule has 36 heavy (non-hydrogen) atoms. The van der Waals surface area contributed by atoms with E-state index >= 15 is 0 Å². The van der Waals surface area contributed by atoms with Gasteiger partial charge in [-0.3, -0.25) is 0 Å². The summed E-state index contributed by atoms with van der Waals surface area (Å²) in [5, 5.41) is 0. The highest BCUT2D eigenvalue weighted by atomic mass is 16.5. The van der Waals surface area contributed by atoms with Gasteiger partial charge in [0.1, 0.15) is 11.5 Å². The molecule has 1 fully saturated rings. The second-order valence-corrected chi connectivity index (χ2v) is 9.62. The molecule has 0 heterocycles. The van der Waals surface area contributed by atoms with Gasteiger partial charge in [-0.15, -0.1) is 0 Å². The summed E-state index contributed by atoms with van der Waals surface area (Å²) >= 11 is 0. The van der Waals surface area contributed by atoms with Gasteiger partial charge in [0.2, 0.25) is 0 Å². The highest BCUT2D eigenvalue weighted by Crippen LogP contribution is 2.38. The lowest BCUT2D eigenvalue weighted by molar-refractivity contribution is -0.137. The molecule has 0 amide bonds. The van der Waals surface area contributed by atoms with Crippen molar-refractivity contribution in [1.82, 2.24) is 0 Å². The lowest BCUT2D eigenvalue weighted by Crippen LogP contribution is -2.13. The third-order valence-corrected chi connectivity index (χ3v) is 6.93. The van der Waals surface area contributed by atoms with Crippen LogP contribution in [0.3, 0.4) is 0 Å². The molecule has 0 bridgehead atoms. The highest BCUT2D eigenvalue weighted by molar-refractivity contribution is 5.91. The molecule has 1 aliphatic carbocycles. The Labute approximate surface area is 215 Å². The fourth-order valence-electron chi connectivity index (χ4n) is 4.79. The molecule has 0 aliphatic heterocycles. The first-order chi connectivity index (χ1) is 17.6. The van der Waals surface area contributed by atoms with Crippen LogP contribution in [0.25, 0.3) is 0 Å². The molecule has 2 aromatic carbocycles.